The highest BCUT2D eigenvalue weighted by Gasteiger charge is 2.19. The van der Waals surface area contributed by atoms with Gasteiger partial charge in [0.15, 0.2) is 0 Å². The van der Waals surface area contributed by atoms with Gasteiger partial charge in [-0.3, -0.25) is 0 Å². The number of para-hydroxylation sites is 1. The van der Waals surface area contributed by atoms with E-state index in [-0.39, 0.29) is 5.71 Å². The van der Waals surface area contributed by atoms with Crippen LogP contribution in [0.15, 0.2) is 66.7 Å². The van der Waals surface area contributed by atoms with E-state index in [0.717, 1.165) is 26.7 Å². The molecule has 0 bridgehead atoms. The Labute approximate surface area is 173 Å². The van der Waals surface area contributed by atoms with Gasteiger partial charge >= 0.3 is 0 Å². The molecule has 5 N–H and O–H groups in total. The molecule has 6 heteroatoms. The van der Waals surface area contributed by atoms with Crippen molar-refractivity contribution in [3.05, 3.63) is 76.6 Å². The first kappa shape index (κ1) is 20.1. The number of anilines is 2. The minimum atomic E-state index is -1.25. The maximum atomic E-state index is 10.2. The summed E-state index contributed by atoms with van der Waals surface area (Å²) in [6.07, 6.45) is 1.64. The van der Waals surface area contributed by atoms with Crippen molar-refractivity contribution in [2.75, 3.05) is 11.1 Å². The first-order chi connectivity index (χ1) is 13.2. The molecule has 2 aromatic carbocycles. The number of nitrogen functional groups attached to an aromatic ring is 1. The minimum absolute atomic E-state index is 0.101. The summed E-state index contributed by atoms with van der Waals surface area (Å²) in [4.78, 5) is 2.01. The lowest BCUT2D eigenvalue weighted by Gasteiger charge is -2.18. The minimum Gasteiger partial charge on any atom is -0.399 e. The molecule has 28 heavy (non-hydrogen) atoms. The summed E-state index contributed by atoms with van der Waals surface area (Å²) in [5, 5.41) is 22.3. The van der Waals surface area contributed by atoms with Crippen molar-refractivity contribution in [3.63, 3.8) is 0 Å². The summed E-state index contributed by atoms with van der Waals surface area (Å²) < 4.78 is 0. The number of hydrogen-bond donors (Lipinski definition) is 4. The van der Waals surface area contributed by atoms with Crippen LogP contribution in [0.3, 0.4) is 0 Å². The van der Waals surface area contributed by atoms with E-state index < -0.39 is 5.60 Å². The van der Waals surface area contributed by atoms with Crippen molar-refractivity contribution in [3.8, 4) is 10.4 Å². The number of nitrogens with one attached hydrogen (secondary N) is 2. The van der Waals surface area contributed by atoms with Crippen LogP contribution in [0, 0.1) is 5.41 Å². The van der Waals surface area contributed by atoms with Crippen molar-refractivity contribution >= 4 is 45.7 Å². The number of hydrogen-bond acceptors (Lipinski definition) is 5. The molecule has 1 aromatic heterocycles. The smallest absolute Gasteiger partial charge is 0.100 e. The second-order valence-corrected chi connectivity index (χ2v) is 8.41. The molecule has 0 aliphatic heterocycles. The maximum Gasteiger partial charge on any atom is 0.100 e. The van der Waals surface area contributed by atoms with Gasteiger partial charge in [0.05, 0.1) is 27.0 Å². The van der Waals surface area contributed by atoms with Crippen LogP contribution in [0.5, 0.6) is 0 Å². The van der Waals surface area contributed by atoms with Crippen LogP contribution in [0.4, 0.5) is 11.4 Å². The fraction of sp³-hybridized carbons (Fsp3) is 0.136. The molecular weight excluding hydrogens is 390 g/mol. The van der Waals surface area contributed by atoms with Crippen molar-refractivity contribution < 1.29 is 5.11 Å². The molecule has 0 saturated heterocycles. The maximum absolute atomic E-state index is 10.2. The highest BCUT2D eigenvalue weighted by atomic mass is 35.5. The Balaban J connectivity index is 1.99. The van der Waals surface area contributed by atoms with Crippen LogP contribution in [0.2, 0.25) is 5.02 Å². The Morgan fingerprint density at radius 1 is 1.11 bits per heavy atom. The van der Waals surface area contributed by atoms with Crippen molar-refractivity contribution in [2.24, 2.45) is 0 Å². The summed E-state index contributed by atoms with van der Waals surface area (Å²) in [6, 6.07) is 19.2. The first-order valence-corrected chi connectivity index (χ1v) is 9.94. The SMILES string of the molecule is CC(C)(O)C(=N)/C=C(\Nc1ccccc1Cl)c1ccc(-c2ccc(N)cc2)s1. The molecule has 1 heterocycles. The highest BCUT2D eigenvalue weighted by Crippen LogP contribution is 2.34. The zero-order chi connectivity index (χ0) is 20.3. The second kappa shape index (κ2) is 8.19. The first-order valence-electron chi connectivity index (χ1n) is 8.75. The van der Waals surface area contributed by atoms with Crippen LogP contribution in [0.25, 0.3) is 16.1 Å². The molecule has 0 saturated carbocycles. The molecule has 0 radical (unpaired) electrons. The molecule has 0 fully saturated rings. The summed E-state index contributed by atoms with van der Waals surface area (Å²) >= 11 is 7.88. The number of aliphatic hydroxyl groups is 1. The average molecular weight is 412 g/mol. The predicted molar refractivity (Wildman–Crippen MR) is 121 cm³/mol. The van der Waals surface area contributed by atoms with E-state index in [9.17, 15) is 5.11 Å². The predicted octanol–water partition coefficient (Wildman–Crippen LogP) is 5.89. The molecule has 3 aromatic rings. The number of rotatable bonds is 6. The van der Waals surface area contributed by atoms with Gasteiger partial charge in [0.1, 0.15) is 5.60 Å². The van der Waals surface area contributed by atoms with Gasteiger partial charge in [-0.1, -0.05) is 35.9 Å². The van der Waals surface area contributed by atoms with Gasteiger partial charge in [-0.15, -0.1) is 11.3 Å². The Morgan fingerprint density at radius 2 is 1.79 bits per heavy atom. The largest absolute Gasteiger partial charge is 0.399 e. The van der Waals surface area contributed by atoms with Gasteiger partial charge in [-0.05, 0) is 61.9 Å². The van der Waals surface area contributed by atoms with Crippen LogP contribution in [0.1, 0.15) is 18.7 Å². The van der Waals surface area contributed by atoms with E-state index in [1.165, 1.54) is 0 Å². The third-order valence-electron chi connectivity index (χ3n) is 4.16. The fourth-order valence-electron chi connectivity index (χ4n) is 2.48. The van der Waals surface area contributed by atoms with Gasteiger partial charge < -0.3 is 21.6 Å². The monoisotopic (exact) mass is 411 g/mol. The van der Waals surface area contributed by atoms with E-state index in [1.807, 2.05) is 54.6 Å². The average Bonchev–Trinajstić information content (AvgIpc) is 3.12. The number of thiophene rings is 1. The Morgan fingerprint density at radius 3 is 2.43 bits per heavy atom. The molecule has 0 unspecified atom stereocenters. The lowest BCUT2D eigenvalue weighted by molar-refractivity contribution is 0.154. The van der Waals surface area contributed by atoms with Crippen molar-refractivity contribution in [1.29, 1.82) is 5.41 Å². The third-order valence-corrected chi connectivity index (χ3v) is 5.65. The van der Waals surface area contributed by atoms with E-state index >= 15 is 0 Å². The lowest BCUT2D eigenvalue weighted by Crippen LogP contribution is -2.29. The topological polar surface area (TPSA) is 82.1 Å². The van der Waals surface area contributed by atoms with Crippen LogP contribution in [-0.2, 0) is 0 Å². The molecule has 0 atom stereocenters. The van der Waals surface area contributed by atoms with E-state index in [2.05, 4.69) is 5.32 Å². The Kier molecular flexibility index (Phi) is 5.89. The third kappa shape index (κ3) is 4.81. The van der Waals surface area contributed by atoms with Gasteiger partial charge in [0.25, 0.3) is 0 Å². The zero-order valence-corrected chi connectivity index (χ0v) is 17.2. The van der Waals surface area contributed by atoms with Gasteiger partial charge in [-0.25, -0.2) is 0 Å². The van der Waals surface area contributed by atoms with E-state index in [4.69, 9.17) is 22.7 Å². The zero-order valence-electron chi connectivity index (χ0n) is 15.7. The van der Waals surface area contributed by atoms with Crippen molar-refractivity contribution in [2.45, 2.75) is 19.4 Å². The number of halogens is 1. The molecule has 144 valence electrons. The van der Waals surface area contributed by atoms with E-state index in [1.54, 1.807) is 37.3 Å². The normalized spacial score (nSPS) is 12.1. The molecule has 0 spiro atoms. The Bertz CT molecular complexity index is 1020. The molecule has 0 aliphatic rings. The van der Waals surface area contributed by atoms with Crippen molar-refractivity contribution in [1.82, 2.24) is 0 Å². The van der Waals surface area contributed by atoms with Gasteiger partial charge in [0.2, 0.25) is 0 Å². The molecule has 4 nitrogen and oxygen atoms in total. The fourth-order valence-corrected chi connectivity index (χ4v) is 3.65. The lowest BCUT2D eigenvalue weighted by atomic mass is 10.0. The van der Waals surface area contributed by atoms with Gasteiger partial charge in [0, 0.05) is 10.6 Å². The van der Waals surface area contributed by atoms with Crippen LogP contribution >= 0.6 is 22.9 Å². The molecular formula is C22H22ClN3OS. The summed E-state index contributed by atoms with van der Waals surface area (Å²) in [6.45, 7) is 3.18. The molecule has 3 rings (SSSR count). The van der Waals surface area contributed by atoms with E-state index in [0.29, 0.717) is 10.7 Å². The Hall–Kier alpha value is -2.60. The summed E-state index contributed by atoms with van der Waals surface area (Å²) in [5.41, 5.74) is 7.86. The summed E-state index contributed by atoms with van der Waals surface area (Å²) in [7, 11) is 0. The summed E-state index contributed by atoms with van der Waals surface area (Å²) in [5.74, 6) is 0. The molecule has 0 amide bonds. The standard InChI is InChI=1S/C22H22ClN3OS/c1-22(2,27)21(25)13-18(26-17-6-4-3-5-16(17)23)20-12-11-19(28-20)14-7-9-15(24)10-8-14/h3-13,25-27H,24H2,1-2H3/b18-13-,25-21?. The number of nitrogens with two attached hydrogens (primary N) is 1. The van der Waals surface area contributed by atoms with Crippen LogP contribution < -0.4 is 11.1 Å². The highest BCUT2D eigenvalue weighted by molar-refractivity contribution is 7.16. The molecule has 0 aliphatic carbocycles. The second-order valence-electron chi connectivity index (χ2n) is 6.92. The number of benzene rings is 2. The quantitative estimate of drug-likeness (QED) is 0.301. The van der Waals surface area contributed by atoms with Gasteiger partial charge in [-0.2, -0.15) is 0 Å². The van der Waals surface area contributed by atoms with Crippen LogP contribution in [-0.4, -0.2) is 16.4 Å².